The van der Waals surface area contributed by atoms with Crippen LogP contribution in [0.25, 0.3) is 0 Å². The number of sulfonamides is 1. The third-order valence-corrected chi connectivity index (χ3v) is 8.82. The van der Waals surface area contributed by atoms with Gasteiger partial charge in [-0.2, -0.15) is 0 Å². The first-order valence-electron chi connectivity index (χ1n) is 12.9. The summed E-state index contributed by atoms with van der Waals surface area (Å²) in [4.78, 5) is 28.5. The second kappa shape index (κ2) is 13.1. The molecule has 1 atom stereocenters. The molecule has 0 aromatic heterocycles. The van der Waals surface area contributed by atoms with Crippen molar-refractivity contribution in [3.8, 4) is 0 Å². The number of aryl methyl sites for hydroxylation is 1. The molecule has 0 unspecified atom stereocenters. The number of hydrogen-bond donors (Lipinski definition) is 1. The lowest BCUT2D eigenvalue weighted by Gasteiger charge is -2.33. The third-order valence-electron chi connectivity index (χ3n) is 6.24. The first-order chi connectivity index (χ1) is 18.7. The zero-order valence-corrected chi connectivity index (χ0v) is 25.6. The lowest BCUT2D eigenvalue weighted by Crippen LogP contribution is -2.55. The van der Waals surface area contributed by atoms with Gasteiger partial charge >= 0.3 is 0 Å². The van der Waals surface area contributed by atoms with Crippen LogP contribution in [0.1, 0.15) is 38.8 Å². The summed E-state index contributed by atoms with van der Waals surface area (Å²) in [5.41, 5.74) is 1.41. The molecule has 3 rings (SSSR count). The van der Waals surface area contributed by atoms with Crippen LogP contribution in [0.3, 0.4) is 0 Å². The zero-order valence-electron chi connectivity index (χ0n) is 23.3. The van der Waals surface area contributed by atoms with Gasteiger partial charge in [0.25, 0.3) is 10.0 Å². The molecule has 0 saturated heterocycles. The van der Waals surface area contributed by atoms with Crippen LogP contribution in [0.5, 0.6) is 0 Å². The fourth-order valence-electron chi connectivity index (χ4n) is 4.08. The number of hydrogen-bond acceptors (Lipinski definition) is 4. The van der Waals surface area contributed by atoms with Crippen molar-refractivity contribution in [2.75, 3.05) is 17.4 Å². The molecule has 3 aromatic rings. The highest BCUT2D eigenvalue weighted by Crippen LogP contribution is 2.35. The van der Waals surface area contributed by atoms with E-state index in [0.717, 1.165) is 15.4 Å². The number of rotatable bonds is 10. The minimum absolute atomic E-state index is 0.00186. The minimum Gasteiger partial charge on any atom is -0.350 e. The van der Waals surface area contributed by atoms with Crippen molar-refractivity contribution in [2.24, 2.45) is 0 Å². The largest absolute Gasteiger partial charge is 0.350 e. The molecule has 7 nitrogen and oxygen atoms in total. The van der Waals surface area contributed by atoms with E-state index in [1.807, 2.05) is 58.0 Å². The number of halogens is 2. The molecule has 0 fully saturated rings. The Hall–Kier alpha value is -3.07. The van der Waals surface area contributed by atoms with Gasteiger partial charge in [-0.1, -0.05) is 77.3 Å². The monoisotopic (exact) mass is 603 g/mol. The maximum atomic E-state index is 14.0. The fraction of sp³-hybridized carbons (Fsp3) is 0.333. The van der Waals surface area contributed by atoms with E-state index in [4.69, 9.17) is 23.2 Å². The molecule has 10 heteroatoms. The van der Waals surface area contributed by atoms with Gasteiger partial charge in [-0.3, -0.25) is 13.9 Å². The van der Waals surface area contributed by atoms with Crippen molar-refractivity contribution in [3.63, 3.8) is 0 Å². The predicted molar refractivity (Wildman–Crippen MR) is 161 cm³/mol. The minimum atomic E-state index is -4.24. The van der Waals surface area contributed by atoms with E-state index in [0.29, 0.717) is 6.42 Å². The number of benzene rings is 3. The van der Waals surface area contributed by atoms with Crippen LogP contribution < -0.4 is 9.62 Å². The molecule has 3 aromatic carbocycles. The summed E-state index contributed by atoms with van der Waals surface area (Å²) in [6, 6.07) is 19.6. The molecule has 1 N–H and O–H groups in total. The van der Waals surface area contributed by atoms with Crippen molar-refractivity contribution in [3.05, 3.63) is 94.0 Å². The summed E-state index contributed by atoms with van der Waals surface area (Å²) < 4.78 is 28.8. The van der Waals surface area contributed by atoms with E-state index >= 15 is 0 Å². The van der Waals surface area contributed by atoms with E-state index in [1.54, 1.807) is 25.1 Å². The van der Waals surface area contributed by atoms with Crippen molar-refractivity contribution in [1.29, 1.82) is 0 Å². The number of anilines is 1. The summed E-state index contributed by atoms with van der Waals surface area (Å²) in [5.74, 6) is -0.901. The zero-order chi connectivity index (χ0) is 29.7. The highest BCUT2D eigenvalue weighted by atomic mass is 35.5. The van der Waals surface area contributed by atoms with Gasteiger partial charge in [0, 0.05) is 12.1 Å². The normalized spacial score (nSPS) is 12.5. The highest BCUT2D eigenvalue weighted by Gasteiger charge is 2.34. The first-order valence-corrected chi connectivity index (χ1v) is 15.1. The summed E-state index contributed by atoms with van der Waals surface area (Å²) in [6.07, 6.45) is 0.475. The molecule has 0 saturated carbocycles. The topological polar surface area (TPSA) is 86.8 Å². The predicted octanol–water partition coefficient (Wildman–Crippen LogP) is 5.87. The van der Waals surface area contributed by atoms with Gasteiger partial charge in [0.1, 0.15) is 12.6 Å². The molecule has 0 aliphatic carbocycles. The fourth-order valence-corrected chi connectivity index (χ4v) is 5.95. The second-order valence-electron chi connectivity index (χ2n) is 10.6. The number of amides is 2. The van der Waals surface area contributed by atoms with Crippen LogP contribution in [0, 0.1) is 6.92 Å². The lowest BCUT2D eigenvalue weighted by molar-refractivity contribution is -0.139. The molecule has 214 valence electrons. The van der Waals surface area contributed by atoms with E-state index in [-0.39, 0.29) is 33.1 Å². The average molecular weight is 605 g/mol. The van der Waals surface area contributed by atoms with Gasteiger partial charge in [-0.15, -0.1) is 0 Å². The molecular weight excluding hydrogens is 569 g/mol. The summed E-state index contributed by atoms with van der Waals surface area (Å²) in [5, 5.41) is 3.06. The summed E-state index contributed by atoms with van der Waals surface area (Å²) >= 11 is 12.7. The molecular formula is C30H35Cl2N3O4S. The quantitative estimate of drug-likeness (QED) is 0.314. The standard InChI is InChI=1S/C30H35Cl2N3O4S/c1-21-14-16-24(17-15-21)40(38,39)35(26-13-9-12-25(31)28(26)32)20-27(36)34(19-18-23-10-7-6-8-11-23)22(2)29(37)33-30(3,4)5/h6-17,22H,18-20H2,1-5H3,(H,33,37)/t22-/m1/s1. The molecule has 0 aliphatic rings. The Bertz CT molecular complexity index is 1440. The van der Waals surface area contributed by atoms with E-state index in [1.165, 1.54) is 29.2 Å². The van der Waals surface area contributed by atoms with Crippen molar-refractivity contribution >= 4 is 50.7 Å². The number of carbonyl (C=O) groups is 2. The first kappa shape index (κ1) is 31.5. The van der Waals surface area contributed by atoms with Gasteiger partial charge in [0.05, 0.1) is 20.6 Å². The van der Waals surface area contributed by atoms with Gasteiger partial charge in [-0.25, -0.2) is 8.42 Å². The van der Waals surface area contributed by atoms with E-state index < -0.39 is 34.1 Å². The second-order valence-corrected chi connectivity index (χ2v) is 13.3. The Labute approximate surface area is 247 Å². The van der Waals surface area contributed by atoms with Gasteiger partial charge < -0.3 is 10.2 Å². The Morgan fingerprint density at radius 3 is 2.15 bits per heavy atom. The van der Waals surface area contributed by atoms with Crippen LogP contribution in [0.4, 0.5) is 5.69 Å². The van der Waals surface area contributed by atoms with Crippen molar-refractivity contribution in [2.45, 2.75) is 57.5 Å². The molecule has 0 aliphatic heterocycles. The van der Waals surface area contributed by atoms with Crippen LogP contribution >= 0.6 is 23.2 Å². The van der Waals surface area contributed by atoms with Crippen LogP contribution in [0.15, 0.2) is 77.7 Å². The highest BCUT2D eigenvalue weighted by molar-refractivity contribution is 7.92. The van der Waals surface area contributed by atoms with Gasteiger partial charge in [0.15, 0.2) is 0 Å². The lowest BCUT2D eigenvalue weighted by atomic mass is 10.1. The Morgan fingerprint density at radius 2 is 1.55 bits per heavy atom. The number of nitrogens with zero attached hydrogens (tertiary/aromatic N) is 2. The van der Waals surface area contributed by atoms with Gasteiger partial charge in [-0.05, 0) is 70.9 Å². The van der Waals surface area contributed by atoms with Gasteiger partial charge in [0.2, 0.25) is 11.8 Å². The van der Waals surface area contributed by atoms with E-state index in [9.17, 15) is 18.0 Å². The average Bonchev–Trinajstić information content (AvgIpc) is 2.89. The van der Waals surface area contributed by atoms with Crippen molar-refractivity contribution < 1.29 is 18.0 Å². The van der Waals surface area contributed by atoms with Crippen LogP contribution in [-0.4, -0.2) is 49.8 Å². The molecule has 0 spiro atoms. The Balaban J connectivity index is 2.03. The number of nitrogens with one attached hydrogen (secondary N) is 1. The third kappa shape index (κ3) is 7.99. The van der Waals surface area contributed by atoms with Crippen molar-refractivity contribution in [1.82, 2.24) is 10.2 Å². The maximum Gasteiger partial charge on any atom is 0.264 e. The van der Waals surface area contributed by atoms with Crippen LogP contribution in [0.2, 0.25) is 10.0 Å². The molecule has 40 heavy (non-hydrogen) atoms. The maximum absolute atomic E-state index is 14.0. The molecule has 0 heterocycles. The number of carbonyl (C=O) groups excluding carboxylic acids is 2. The molecule has 0 radical (unpaired) electrons. The smallest absolute Gasteiger partial charge is 0.264 e. The molecule has 0 bridgehead atoms. The summed E-state index contributed by atoms with van der Waals surface area (Å²) in [6.45, 7) is 8.65. The van der Waals surface area contributed by atoms with E-state index in [2.05, 4.69) is 5.32 Å². The Morgan fingerprint density at radius 1 is 0.925 bits per heavy atom. The summed E-state index contributed by atoms with van der Waals surface area (Å²) in [7, 11) is -4.24. The van der Waals surface area contributed by atoms with Crippen LogP contribution in [-0.2, 0) is 26.0 Å². The molecule has 2 amide bonds. The Kier molecular flexibility index (Phi) is 10.3. The SMILES string of the molecule is Cc1ccc(S(=O)(=O)N(CC(=O)N(CCc2ccccc2)[C@H](C)C(=O)NC(C)(C)C)c2cccc(Cl)c2Cl)cc1.